The zero-order valence-corrected chi connectivity index (χ0v) is 11.1. The molecule has 3 nitrogen and oxygen atoms in total. The quantitative estimate of drug-likeness (QED) is 0.462. The predicted molar refractivity (Wildman–Crippen MR) is 75.4 cm³/mol. The summed E-state index contributed by atoms with van der Waals surface area (Å²) < 4.78 is 4.62. The molecule has 0 spiro atoms. The Hall–Kier alpha value is -2.42. The standard InChI is InChI=1S/C16H16O3/c1-4-15(17)14(12(2)16(18)19-3)11-10-13-8-6-5-7-9-13/h4-11H,1H2,2-3H3. The molecule has 0 aliphatic heterocycles. The summed E-state index contributed by atoms with van der Waals surface area (Å²) in [6, 6.07) is 9.50. The monoisotopic (exact) mass is 256 g/mol. The van der Waals surface area contributed by atoms with E-state index in [0.29, 0.717) is 0 Å². The highest BCUT2D eigenvalue weighted by Gasteiger charge is 2.13. The van der Waals surface area contributed by atoms with E-state index >= 15 is 0 Å². The number of ketones is 1. The second-order valence-electron chi connectivity index (χ2n) is 3.84. The molecule has 0 heterocycles. The highest BCUT2D eigenvalue weighted by molar-refractivity contribution is 6.11. The number of hydrogen-bond donors (Lipinski definition) is 0. The molecule has 98 valence electrons. The van der Waals surface area contributed by atoms with Crippen LogP contribution in [0.1, 0.15) is 12.5 Å². The van der Waals surface area contributed by atoms with Crippen molar-refractivity contribution < 1.29 is 14.3 Å². The van der Waals surface area contributed by atoms with Gasteiger partial charge in [-0.3, -0.25) is 4.79 Å². The van der Waals surface area contributed by atoms with Gasteiger partial charge in [-0.1, -0.05) is 43.0 Å². The van der Waals surface area contributed by atoms with Crippen LogP contribution in [0.15, 0.2) is 60.2 Å². The van der Waals surface area contributed by atoms with Gasteiger partial charge in [-0.25, -0.2) is 4.79 Å². The number of carbonyl (C=O) groups excluding carboxylic acids is 2. The molecule has 3 heteroatoms. The van der Waals surface area contributed by atoms with E-state index in [1.807, 2.05) is 30.3 Å². The lowest BCUT2D eigenvalue weighted by Crippen LogP contribution is -2.08. The van der Waals surface area contributed by atoms with Gasteiger partial charge in [-0.2, -0.15) is 0 Å². The van der Waals surface area contributed by atoms with Gasteiger partial charge in [0.05, 0.1) is 7.11 Å². The molecule has 1 aromatic rings. The summed E-state index contributed by atoms with van der Waals surface area (Å²) in [5, 5.41) is 0. The highest BCUT2D eigenvalue weighted by Crippen LogP contribution is 2.12. The Balaban J connectivity index is 3.13. The first-order valence-electron chi connectivity index (χ1n) is 5.79. The maximum absolute atomic E-state index is 11.8. The van der Waals surface area contributed by atoms with Crippen molar-refractivity contribution in [1.29, 1.82) is 0 Å². The summed E-state index contributed by atoms with van der Waals surface area (Å²) in [5.41, 5.74) is 1.49. The Morgan fingerprint density at radius 3 is 2.37 bits per heavy atom. The van der Waals surface area contributed by atoms with E-state index < -0.39 is 5.97 Å². The molecule has 0 unspecified atom stereocenters. The summed E-state index contributed by atoms with van der Waals surface area (Å²) in [4.78, 5) is 23.2. The van der Waals surface area contributed by atoms with Gasteiger partial charge in [-0.05, 0) is 24.6 Å². The van der Waals surface area contributed by atoms with Crippen molar-refractivity contribution in [1.82, 2.24) is 0 Å². The van der Waals surface area contributed by atoms with Gasteiger partial charge in [0.25, 0.3) is 0 Å². The molecule has 0 radical (unpaired) electrons. The third-order valence-electron chi connectivity index (χ3n) is 2.59. The number of hydrogen-bond acceptors (Lipinski definition) is 3. The highest BCUT2D eigenvalue weighted by atomic mass is 16.5. The van der Waals surface area contributed by atoms with Crippen LogP contribution in [-0.2, 0) is 14.3 Å². The molecule has 0 aliphatic rings. The largest absolute Gasteiger partial charge is 0.466 e. The summed E-state index contributed by atoms with van der Waals surface area (Å²) in [6.45, 7) is 4.99. The van der Waals surface area contributed by atoms with Crippen LogP contribution in [0, 0.1) is 0 Å². The molecular weight excluding hydrogens is 240 g/mol. The van der Waals surface area contributed by atoms with Crippen molar-refractivity contribution in [2.24, 2.45) is 0 Å². The van der Waals surface area contributed by atoms with Crippen LogP contribution in [0.3, 0.4) is 0 Å². The minimum atomic E-state index is -0.525. The number of benzene rings is 1. The molecule has 1 aromatic carbocycles. The fourth-order valence-corrected chi connectivity index (χ4v) is 1.51. The molecule has 0 aliphatic carbocycles. The fourth-order valence-electron chi connectivity index (χ4n) is 1.51. The van der Waals surface area contributed by atoms with E-state index in [1.165, 1.54) is 13.2 Å². The van der Waals surface area contributed by atoms with Gasteiger partial charge in [0.15, 0.2) is 5.78 Å². The molecule has 0 aromatic heterocycles. The number of carbonyl (C=O) groups is 2. The normalized spacial score (nSPS) is 11.9. The Morgan fingerprint density at radius 1 is 1.21 bits per heavy atom. The van der Waals surface area contributed by atoms with E-state index in [1.54, 1.807) is 19.1 Å². The van der Waals surface area contributed by atoms with Crippen molar-refractivity contribution in [2.45, 2.75) is 6.92 Å². The number of allylic oxidation sites excluding steroid dienone is 3. The molecule has 0 fully saturated rings. The first kappa shape index (κ1) is 14.6. The molecule has 0 saturated heterocycles. The Bertz CT molecular complexity index is 536. The molecule has 0 bridgehead atoms. The third kappa shape index (κ3) is 4.07. The van der Waals surface area contributed by atoms with E-state index in [-0.39, 0.29) is 16.9 Å². The smallest absolute Gasteiger partial charge is 0.334 e. The van der Waals surface area contributed by atoms with E-state index in [2.05, 4.69) is 11.3 Å². The number of methoxy groups -OCH3 is 1. The van der Waals surface area contributed by atoms with E-state index in [4.69, 9.17) is 0 Å². The van der Waals surface area contributed by atoms with Crippen LogP contribution >= 0.6 is 0 Å². The van der Waals surface area contributed by atoms with Crippen molar-refractivity contribution in [3.8, 4) is 0 Å². The summed E-state index contributed by atoms with van der Waals surface area (Å²) in [7, 11) is 1.28. The summed E-state index contributed by atoms with van der Waals surface area (Å²) >= 11 is 0. The molecule has 19 heavy (non-hydrogen) atoms. The van der Waals surface area contributed by atoms with Gasteiger partial charge < -0.3 is 4.74 Å². The second kappa shape index (κ2) is 7.11. The molecule has 0 atom stereocenters. The van der Waals surface area contributed by atoms with Crippen LogP contribution in [-0.4, -0.2) is 18.9 Å². The van der Waals surface area contributed by atoms with E-state index in [0.717, 1.165) is 5.56 Å². The number of esters is 1. The van der Waals surface area contributed by atoms with Crippen molar-refractivity contribution in [2.75, 3.05) is 7.11 Å². The van der Waals surface area contributed by atoms with Gasteiger partial charge in [0, 0.05) is 11.1 Å². The maximum Gasteiger partial charge on any atom is 0.334 e. The zero-order valence-electron chi connectivity index (χ0n) is 11.1. The van der Waals surface area contributed by atoms with Crippen LogP contribution in [0.5, 0.6) is 0 Å². The SMILES string of the molecule is C=CC(=O)C(C=Cc1ccccc1)=C(C)C(=O)OC. The van der Waals surface area contributed by atoms with Crippen LogP contribution in [0.25, 0.3) is 6.08 Å². The first-order valence-corrected chi connectivity index (χ1v) is 5.79. The van der Waals surface area contributed by atoms with Gasteiger partial charge in [0.1, 0.15) is 0 Å². The molecular formula is C16H16O3. The topological polar surface area (TPSA) is 43.4 Å². The average Bonchev–Trinajstić information content (AvgIpc) is 2.47. The van der Waals surface area contributed by atoms with Crippen LogP contribution < -0.4 is 0 Å². The molecule has 1 rings (SSSR count). The molecule has 0 amide bonds. The van der Waals surface area contributed by atoms with Gasteiger partial charge in [-0.15, -0.1) is 0 Å². The predicted octanol–water partition coefficient (Wildman–Crippen LogP) is 2.94. The third-order valence-corrected chi connectivity index (χ3v) is 2.59. The molecule has 0 N–H and O–H groups in total. The first-order chi connectivity index (χ1) is 9.10. The Kier molecular flexibility index (Phi) is 5.48. The Labute approximate surface area is 112 Å². The van der Waals surface area contributed by atoms with Crippen molar-refractivity contribution >= 4 is 17.8 Å². The lowest BCUT2D eigenvalue weighted by Gasteiger charge is -2.04. The van der Waals surface area contributed by atoms with Crippen LogP contribution in [0.2, 0.25) is 0 Å². The number of ether oxygens (including phenoxy) is 1. The zero-order chi connectivity index (χ0) is 14.3. The lowest BCUT2D eigenvalue weighted by molar-refractivity contribution is -0.136. The fraction of sp³-hybridized carbons (Fsp3) is 0.125. The van der Waals surface area contributed by atoms with Crippen molar-refractivity contribution in [3.05, 3.63) is 65.8 Å². The minimum Gasteiger partial charge on any atom is -0.466 e. The Morgan fingerprint density at radius 2 is 1.84 bits per heavy atom. The van der Waals surface area contributed by atoms with Crippen molar-refractivity contribution in [3.63, 3.8) is 0 Å². The maximum atomic E-state index is 11.8. The van der Waals surface area contributed by atoms with Gasteiger partial charge >= 0.3 is 5.97 Å². The summed E-state index contributed by atoms with van der Waals surface area (Å²) in [6.07, 6.45) is 4.55. The second-order valence-corrected chi connectivity index (χ2v) is 3.84. The number of rotatable bonds is 5. The average molecular weight is 256 g/mol. The van der Waals surface area contributed by atoms with Crippen LogP contribution in [0.4, 0.5) is 0 Å². The lowest BCUT2D eigenvalue weighted by atomic mass is 10.0. The minimum absolute atomic E-state index is 0.264. The van der Waals surface area contributed by atoms with Gasteiger partial charge in [0.2, 0.25) is 0 Å². The summed E-state index contributed by atoms with van der Waals surface area (Å²) in [5.74, 6) is -0.835. The van der Waals surface area contributed by atoms with E-state index in [9.17, 15) is 9.59 Å². The molecule has 0 saturated carbocycles.